The van der Waals surface area contributed by atoms with Crippen LogP contribution in [0.1, 0.15) is 45.1 Å². The van der Waals surface area contributed by atoms with Crippen molar-refractivity contribution in [2.45, 2.75) is 52.1 Å². The molecule has 1 saturated carbocycles. The van der Waals surface area contributed by atoms with E-state index in [4.69, 9.17) is 9.47 Å². The summed E-state index contributed by atoms with van der Waals surface area (Å²) in [5.41, 5.74) is 0.945. The van der Waals surface area contributed by atoms with Crippen molar-refractivity contribution in [1.29, 1.82) is 0 Å². The van der Waals surface area contributed by atoms with Crippen molar-refractivity contribution < 1.29 is 23.9 Å². The summed E-state index contributed by atoms with van der Waals surface area (Å²) in [5, 5.41) is 0. The van der Waals surface area contributed by atoms with Gasteiger partial charge in [0.2, 0.25) is 0 Å². The third kappa shape index (κ3) is 4.43. The molecule has 3 rings (SSSR count). The average molecular weight is 418 g/mol. The van der Waals surface area contributed by atoms with Crippen LogP contribution < -0.4 is 9.47 Å². The average Bonchev–Trinajstić information content (AvgIpc) is 2.93. The van der Waals surface area contributed by atoms with Crippen LogP contribution in [0.25, 0.3) is 0 Å². The van der Waals surface area contributed by atoms with Crippen LogP contribution in [-0.2, 0) is 16.1 Å². The molecule has 0 spiro atoms. The zero-order chi connectivity index (χ0) is 21.8. The number of benzene rings is 1. The second-order valence-electron chi connectivity index (χ2n) is 8.09. The largest absolute Gasteiger partial charge is 0.493 e. The van der Waals surface area contributed by atoms with Gasteiger partial charge in [0.1, 0.15) is 0 Å². The topological polar surface area (TPSA) is 79.4 Å². The van der Waals surface area contributed by atoms with Gasteiger partial charge in [-0.25, -0.2) is 9.69 Å². The smallest absolute Gasteiger partial charge is 0.335 e. The van der Waals surface area contributed by atoms with Gasteiger partial charge in [-0.15, -0.1) is 0 Å². The highest BCUT2D eigenvalue weighted by atomic mass is 16.5. The van der Waals surface area contributed by atoms with Crippen LogP contribution >= 0.6 is 0 Å². The minimum Gasteiger partial charge on any atom is -0.493 e. The minimum atomic E-state index is -0.742. The number of amides is 4. The monoisotopic (exact) mass is 417 g/mol. The van der Waals surface area contributed by atoms with Crippen molar-refractivity contribution in [2.24, 2.45) is 5.92 Å². The Morgan fingerprint density at radius 1 is 1.10 bits per heavy atom. The van der Waals surface area contributed by atoms with Gasteiger partial charge in [-0.3, -0.25) is 19.4 Å². The predicted octanol–water partition coefficient (Wildman–Crippen LogP) is 2.85. The maximum Gasteiger partial charge on any atom is 0.335 e. The van der Waals surface area contributed by atoms with E-state index in [1.54, 1.807) is 14.2 Å². The minimum absolute atomic E-state index is 0.0521. The zero-order valence-corrected chi connectivity index (χ0v) is 18.2. The summed E-state index contributed by atoms with van der Waals surface area (Å²) in [6, 6.07) is 4.94. The van der Waals surface area contributed by atoms with Crippen molar-refractivity contribution in [3.05, 3.63) is 23.8 Å². The van der Waals surface area contributed by atoms with Gasteiger partial charge in [-0.2, -0.15) is 0 Å². The van der Waals surface area contributed by atoms with Gasteiger partial charge in [-0.05, 0) is 50.4 Å². The standard InChI is InChI=1S/C22H31N3O5/c1-5-30-18-11-10-16(12-19(18)29-4)13-23(3)14-24-20(26)21(27)25(22(24)28)17-9-7-6-8-15(17)2/h10-12,15,17H,5-9,13-14H2,1-4H3/t15-,17+/m0/s1. The number of carbonyl (C=O) groups excluding carboxylic acids is 3. The van der Waals surface area contributed by atoms with Crippen LogP contribution in [0.2, 0.25) is 0 Å². The van der Waals surface area contributed by atoms with E-state index in [-0.39, 0.29) is 18.6 Å². The van der Waals surface area contributed by atoms with E-state index in [0.29, 0.717) is 24.7 Å². The molecule has 0 unspecified atom stereocenters. The molecular weight excluding hydrogens is 386 g/mol. The number of urea groups is 1. The van der Waals surface area contributed by atoms with Crippen molar-refractivity contribution >= 4 is 17.8 Å². The Morgan fingerprint density at radius 2 is 1.83 bits per heavy atom. The van der Waals surface area contributed by atoms with E-state index in [0.717, 1.165) is 36.1 Å². The number of carbonyl (C=O) groups is 3. The normalized spacial score (nSPS) is 22.2. The molecule has 0 radical (unpaired) electrons. The molecule has 1 aliphatic heterocycles. The maximum atomic E-state index is 12.9. The second-order valence-corrected chi connectivity index (χ2v) is 8.09. The summed E-state index contributed by atoms with van der Waals surface area (Å²) in [6.07, 6.45) is 3.80. The van der Waals surface area contributed by atoms with Crippen LogP contribution in [-0.4, -0.2) is 66.0 Å². The molecule has 1 aliphatic carbocycles. The first-order valence-electron chi connectivity index (χ1n) is 10.5. The molecule has 30 heavy (non-hydrogen) atoms. The zero-order valence-electron chi connectivity index (χ0n) is 18.2. The van der Waals surface area contributed by atoms with E-state index in [9.17, 15) is 14.4 Å². The summed E-state index contributed by atoms with van der Waals surface area (Å²) >= 11 is 0. The quantitative estimate of drug-likeness (QED) is 0.478. The van der Waals surface area contributed by atoms with Crippen molar-refractivity contribution in [2.75, 3.05) is 27.4 Å². The summed E-state index contributed by atoms with van der Waals surface area (Å²) < 4.78 is 10.9. The van der Waals surface area contributed by atoms with Crippen LogP contribution in [0, 0.1) is 5.92 Å². The first-order valence-corrected chi connectivity index (χ1v) is 10.5. The summed E-state index contributed by atoms with van der Waals surface area (Å²) in [7, 11) is 3.39. The maximum absolute atomic E-state index is 12.9. The van der Waals surface area contributed by atoms with Crippen molar-refractivity contribution in [3.8, 4) is 11.5 Å². The summed E-state index contributed by atoms with van der Waals surface area (Å²) in [4.78, 5) is 42.1. The molecule has 1 aromatic rings. The lowest BCUT2D eigenvalue weighted by atomic mass is 9.85. The van der Waals surface area contributed by atoms with Crippen LogP contribution in [0.4, 0.5) is 4.79 Å². The van der Waals surface area contributed by atoms with Gasteiger partial charge in [0.25, 0.3) is 0 Å². The molecule has 8 nitrogen and oxygen atoms in total. The van der Waals surface area contributed by atoms with Crippen LogP contribution in [0.5, 0.6) is 11.5 Å². The molecular formula is C22H31N3O5. The predicted molar refractivity (Wildman–Crippen MR) is 111 cm³/mol. The fraction of sp³-hybridized carbons (Fsp3) is 0.591. The number of hydrogen-bond donors (Lipinski definition) is 0. The molecule has 2 atom stereocenters. The molecule has 0 bridgehead atoms. The first-order chi connectivity index (χ1) is 14.4. The number of methoxy groups -OCH3 is 1. The number of nitrogens with zero attached hydrogens (tertiary/aromatic N) is 3. The fourth-order valence-electron chi connectivity index (χ4n) is 4.31. The van der Waals surface area contributed by atoms with E-state index in [2.05, 4.69) is 0 Å². The Morgan fingerprint density at radius 3 is 2.50 bits per heavy atom. The first kappa shape index (κ1) is 22.1. The number of hydrogen-bond acceptors (Lipinski definition) is 6. The lowest BCUT2D eigenvalue weighted by molar-refractivity contribution is -0.145. The SMILES string of the molecule is CCOc1ccc(CN(C)CN2C(=O)C(=O)N([C@@H]3CCCC[C@@H]3C)C2=O)cc1OC. The third-order valence-corrected chi connectivity index (χ3v) is 5.84. The number of imide groups is 2. The molecule has 1 heterocycles. The van der Waals surface area contributed by atoms with E-state index >= 15 is 0 Å². The fourth-order valence-corrected chi connectivity index (χ4v) is 4.31. The highest BCUT2D eigenvalue weighted by Crippen LogP contribution is 2.32. The van der Waals surface area contributed by atoms with Crippen LogP contribution in [0.15, 0.2) is 18.2 Å². The number of rotatable bonds is 8. The molecule has 2 aliphatic rings. The molecule has 2 fully saturated rings. The molecule has 164 valence electrons. The molecule has 0 aromatic heterocycles. The van der Waals surface area contributed by atoms with Gasteiger partial charge in [0.15, 0.2) is 11.5 Å². The lowest BCUT2D eigenvalue weighted by Crippen LogP contribution is -2.46. The van der Waals surface area contributed by atoms with Gasteiger partial charge in [0.05, 0.1) is 20.4 Å². The van der Waals surface area contributed by atoms with Crippen molar-refractivity contribution in [1.82, 2.24) is 14.7 Å². The molecule has 8 heteroatoms. The molecule has 0 N–H and O–H groups in total. The van der Waals surface area contributed by atoms with Gasteiger partial charge >= 0.3 is 17.8 Å². The van der Waals surface area contributed by atoms with Crippen LogP contribution in [0.3, 0.4) is 0 Å². The van der Waals surface area contributed by atoms with E-state index in [1.165, 1.54) is 4.90 Å². The summed E-state index contributed by atoms with van der Waals surface area (Å²) in [6.45, 7) is 5.02. The Kier molecular flexibility index (Phi) is 6.97. The van der Waals surface area contributed by atoms with Gasteiger partial charge < -0.3 is 9.47 Å². The second kappa shape index (κ2) is 9.47. The van der Waals surface area contributed by atoms with Gasteiger partial charge in [0, 0.05) is 12.6 Å². The Hall–Kier alpha value is -2.61. The molecule has 1 aromatic carbocycles. The van der Waals surface area contributed by atoms with E-state index in [1.807, 2.05) is 36.9 Å². The highest BCUT2D eigenvalue weighted by molar-refractivity contribution is 6.44. The van der Waals surface area contributed by atoms with Crippen molar-refractivity contribution in [3.63, 3.8) is 0 Å². The summed E-state index contributed by atoms with van der Waals surface area (Å²) in [5.74, 6) is 0.0695. The third-order valence-electron chi connectivity index (χ3n) is 5.84. The number of ether oxygens (including phenoxy) is 2. The molecule has 4 amide bonds. The Labute approximate surface area is 177 Å². The highest BCUT2D eigenvalue weighted by Gasteiger charge is 2.49. The Balaban J connectivity index is 1.67. The van der Waals surface area contributed by atoms with E-state index < -0.39 is 17.8 Å². The lowest BCUT2D eigenvalue weighted by Gasteiger charge is -2.34. The Bertz CT molecular complexity index is 812. The molecule has 1 saturated heterocycles. The van der Waals surface area contributed by atoms with Gasteiger partial charge in [-0.1, -0.05) is 25.8 Å².